The molecule has 0 saturated heterocycles. The lowest BCUT2D eigenvalue weighted by molar-refractivity contribution is 0.415. The highest BCUT2D eigenvalue weighted by Gasteiger charge is 2.01. The number of methoxy groups -OCH3 is 1. The third kappa shape index (κ3) is 4.08. The normalized spacial score (nSPS) is 10.1. The minimum atomic E-state index is 0.539. The predicted molar refractivity (Wildman–Crippen MR) is 79.5 cm³/mol. The number of hydrogen-bond donors (Lipinski definition) is 2. The summed E-state index contributed by atoms with van der Waals surface area (Å²) < 4.78 is 5.12. The molecule has 20 heavy (non-hydrogen) atoms. The molecule has 0 radical (unpaired) electrons. The summed E-state index contributed by atoms with van der Waals surface area (Å²) in [5.41, 5.74) is 0.922. The van der Waals surface area contributed by atoms with Crippen LogP contribution in [0.15, 0.2) is 30.5 Å². The number of ether oxygens (including phenoxy) is 1. The highest BCUT2D eigenvalue weighted by Crippen LogP contribution is 2.18. The van der Waals surface area contributed by atoms with Gasteiger partial charge < -0.3 is 15.4 Å². The molecule has 2 rings (SSSR count). The molecule has 0 saturated carbocycles. The quantitative estimate of drug-likeness (QED) is 0.756. The zero-order chi connectivity index (χ0) is 14.2. The third-order valence-electron chi connectivity index (χ3n) is 2.73. The smallest absolute Gasteiger partial charge is 0.244 e. The van der Waals surface area contributed by atoms with Gasteiger partial charge in [0.1, 0.15) is 5.75 Å². The van der Waals surface area contributed by atoms with Gasteiger partial charge in [-0.2, -0.15) is 10.1 Å². The number of unbranched alkanes of at least 4 members (excludes halogenated alkanes) is 1. The topological polar surface area (TPSA) is 72.0 Å². The molecule has 1 aromatic heterocycles. The van der Waals surface area contributed by atoms with E-state index in [4.69, 9.17) is 4.74 Å². The third-order valence-corrected chi connectivity index (χ3v) is 2.73. The number of benzene rings is 1. The molecule has 0 amide bonds. The van der Waals surface area contributed by atoms with Crippen LogP contribution in [-0.2, 0) is 0 Å². The molecule has 0 aliphatic rings. The number of nitrogens with zero attached hydrogens (tertiary/aromatic N) is 3. The van der Waals surface area contributed by atoms with Crippen LogP contribution in [0.25, 0.3) is 0 Å². The van der Waals surface area contributed by atoms with Crippen LogP contribution in [0.3, 0.4) is 0 Å². The minimum Gasteiger partial charge on any atom is -0.497 e. The summed E-state index contributed by atoms with van der Waals surface area (Å²) in [6, 6.07) is 7.62. The van der Waals surface area contributed by atoms with Crippen LogP contribution in [0.5, 0.6) is 5.75 Å². The molecule has 0 aliphatic carbocycles. The summed E-state index contributed by atoms with van der Waals surface area (Å²) >= 11 is 0. The fraction of sp³-hybridized carbons (Fsp3) is 0.357. The molecule has 2 N–H and O–H groups in total. The van der Waals surface area contributed by atoms with Crippen molar-refractivity contribution < 1.29 is 4.74 Å². The molecule has 0 aliphatic heterocycles. The van der Waals surface area contributed by atoms with Crippen LogP contribution in [0, 0.1) is 0 Å². The standard InChI is InChI=1S/C14H19N5O/c1-3-4-9-15-14-18-13(10-16-19-14)17-11-5-7-12(20-2)8-6-11/h5-8,10H,3-4,9H2,1-2H3,(H2,15,17,18,19). The molecule has 106 valence electrons. The van der Waals surface area contributed by atoms with Crippen molar-refractivity contribution >= 4 is 17.5 Å². The highest BCUT2D eigenvalue weighted by atomic mass is 16.5. The Morgan fingerprint density at radius 3 is 2.70 bits per heavy atom. The number of nitrogens with one attached hydrogen (secondary N) is 2. The first kappa shape index (κ1) is 14.0. The molecule has 0 bridgehead atoms. The monoisotopic (exact) mass is 273 g/mol. The van der Waals surface area contributed by atoms with Gasteiger partial charge >= 0.3 is 0 Å². The van der Waals surface area contributed by atoms with Crippen molar-refractivity contribution in [3.05, 3.63) is 30.5 Å². The van der Waals surface area contributed by atoms with Gasteiger partial charge in [-0.15, -0.1) is 5.10 Å². The fourth-order valence-corrected chi connectivity index (χ4v) is 1.64. The second-order valence-electron chi connectivity index (χ2n) is 4.30. The average Bonchev–Trinajstić information content (AvgIpc) is 2.49. The summed E-state index contributed by atoms with van der Waals surface area (Å²) in [6.45, 7) is 2.99. The Hall–Kier alpha value is -2.37. The molecule has 1 aromatic carbocycles. The van der Waals surface area contributed by atoms with Gasteiger partial charge in [0.25, 0.3) is 0 Å². The van der Waals surface area contributed by atoms with E-state index in [-0.39, 0.29) is 0 Å². The Morgan fingerprint density at radius 2 is 2.00 bits per heavy atom. The van der Waals surface area contributed by atoms with Crippen LogP contribution >= 0.6 is 0 Å². The summed E-state index contributed by atoms with van der Waals surface area (Å²) in [6.07, 6.45) is 3.80. The number of hydrogen-bond acceptors (Lipinski definition) is 6. The Kier molecular flexibility index (Phi) is 5.11. The molecule has 0 unspecified atom stereocenters. The van der Waals surface area contributed by atoms with E-state index in [9.17, 15) is 0 Å². The maximum atomic E-state index is 5.12. The van der Waals surface area contributed by atoms with Crippen molar-refractivity contribution in [2.24, 2.45) is 0 Å². The van der Waals surface area contributed by atoms with Crippen molar-refractivity contribution in [2.45, 2.75) is 19.8 Å². The zero-order valence-electron chi connectivity index (χ0n) is 11.8. The number of aromatic nitrogens is 3. The van der Waals surface area contributed by atoms with Gasteiger partial charge in [0, 0.05) is 12.2 Å². The Bertz CT molecular complexity index is 529. The van der Waals surface area contributed by atoms with Crippen molar-refractivity contribution in [2.75, 3.05) is 24.3 Å². The number of rotatable bonds is 7. The summed E-state index contributed by atoms with van der Waals surface area (Å²) in [5.74, 6) is 2.01. The second-order valence-corrected chi connectivity index (χ2v) is 4.30. The zero-order valence-corrected chi connectivity index (χ0v) is 11.8. The Balaban J connectivity index is 1.99. The van der Waals surface area contributed by atoms with Crippen LogP contribution in [0.2, 0.25) is 0 Å². The highest BCUT2D eigenvalue weighted by molar-refractivity contribution is 5.57. The van der Waals surface area contributed by atoms with Gasteiger partial charge in [-0.3, -0.25) is 0 Å². The molecule has 6 nitrogen and oxygen atoms in total. The first-order chi connectivity index (χ1) is 9.81. The van der Waals surface area contributed by atoms with Crippen molar-refractivity contribution in [3.63, 3.8) is 0 Å². The second kappa shape index (κ2) is 7.28. The maximum Gasteiger partial charge on any atom is 0.244 e. The Labute approximate surface area is 118 Å². The lowest BCUT2D eigenvalue weighted by atomic mass is 10.3. The van der Waals surface area contributed by atoms with Crippen LogP contribution < -0.4 is 15.4 Å². The lowest BCUT2D eigenvalue weighted by Gasteiger charge is -2.08. The van der Waals surface area contributed by atoms with E-state index in [2.05, 4.69) is 32.7 Å². The van der Waals surface area contributed by atoms with E-state index in [0.29, 0.717) is 11.8 Å². The van der Waals surface area contributed by atoms with E-state index < -0.39 is 0 Å². The van der Waals surface area contributed by atoms with E-state index in [1.54, 1.807) is 13.3 Å². The molecular weight excluding hydrogens is 254 g/mol. The largest absolute Gasteiger partial charge is 0.497 e. The molecule has 2 aromatic rings. The Morgan fingerprint density at radius 1 is 1.20 bits per heavy atom. The summed E-state index contributed by atoms with van der Waals surface area (Å²) in [7, 11) is 1.64. The van der Waals surface area contributed by atoms with Crippen LogP contribution in [-0.4, -0.2) is 28.8 Å². The molecule has 6 heteroatoms. The summed E-state index contributed by atoms with van der Waals surface area (Å²) in [5, 5.41) is 14.2. The lowest BCUT2D eigenvalue weighted by Crippen LogP contribution is -2.07. The van der Waals surface area contributed by atoms with E-state index in [1.807, 2.05) is 24.3 Å². The first-order valence-electron chi connectivity index (χ1n) is 6.66. The molecule has 0 atom stereocenters. The van der Waals surface area contributed by atoms with Crippen LogP contribution in [0.1, 0.15) is 19.8 Å². The van der Waals surface area contributed by atoms with Gasteiger partial charge in [0.2, 0.25) is 5.95 Å². The fourth-order valence-electron chi connectivity index (χ4n) is 1.64. The van der Waals surface area contributed by atoms with Gasteiger partial charge in [-0.25, -0.2) is 0 Å². The van der Waals surface area contributed by atoms with Crippen molar-refractivity contribution in [1.82, 2.24) is 15.2 Å². The summed E-state index contributed by atoms with van der Waals surface area (Å²) in [4.78, 5) is 4.36. The SMILES string of the molecule is CCCCNc1nncc(Nc2ccc(OC)cc2)n1. The number of anilines is 3. The molecule has 0 fully saturated rings. The van der Waals surface area contributed by atoms with Gasteiger partial charge in [0.15, 0.2) is 5.82 Å². The predicted octanol–water partition coefficient (Wildman–Crippen LogP) is 2.84. The first-order valence-corrected chi connectivity index (χ1v) is 6.66. The van der Waals surface area contributed by atoms with Gasteiger partial charge in [-0.05, 0) is 30.7 Å². The maximum absolute atomic E-state index is 5.12. The van der Waals surface area contributed by atoms with E-state index >= 15 is 0 Å². The molecular formula is C14H19N5O. The molecule has 1 heterocycles. The minimum absolute atomic E-state index is 0.539. The van der Waals surface area contributed by atoms with E-state index in [0.717, 1.165) is 30.8 Å². The van der Waals surface area contributed by atoms with Gasteiger partial charge in [0.05, 0.1) is 13.3 Å². The van der Waals surface area contributed by atoms with Gasteiger partial charge in [-0.1, -0.05) is 13.3 Å². The van der Waals surface area contributed by atoms with Crippen molar-refractivity contribution in [1.29, 1.82) is 0 Å². The van der Waals surface area contributed by atoms with Crippen molar-refractivity contribution in [3.8, 4) is 5.75 Å². The van der Waals surface area contributed by atoms with E-state index in [1.165, 1.54) is 0 Å². The average molecular weight is 273 g/mol. The molecule has 0 spiro atoms. The van der Waals surface area contributed by atoms with Crippen LogP contribution in [0.4, 0.5) is 17.5 Å².